The fourth-order valence-electron chi connectivity index (χ4n) is 2.17. The van der Waals surface area contributed by atoms with E-state index in [4.69, 9.17) is 16.9 Å². The number of halogens is 1. The van der Waals surface area contributed by atoms with Gasteiger partial charge in [0, 0.05) is 23.5 Å². The molecular formula is C19H18ClN3O. The van der Waals surface area contributed by atoms with Gasteiger partial charge < -0.3 is 10.6 Å². The van der Waals surface area contributed by atoms with Crippen LogP contribution >= 0.6 is 11.6 Å². The number of nitrogens with zero attached hydrogens (tertiary/aromatic N) is 1. The molecule has 2 aromatic carbocycles. The van der Waals surface area contributed by atoms with E-state index in [0.717, 1.165) is 6.42 Å². The second-order valence-corrected chi connectivity index (χ2v) is 5.76. The Morgan fingerprint density at radius 1 is 1.25 bits per heavy atom. The van der Waals surface area contributed by atoms with Crippen molar-refractivity contribution in [3.05, 3.63) is 76.5 Å². The smallest absolute Gasteiger partial charge is 0.267 e. The van der Waals surface area contributed by atoms with E-state index in [1.54, 1.807) is 24.3 Å². The topological polar surface area (TPSA) is 64.9 Å². The fourth-order valence-corrected chi connectivity index (χ4v) is 2.36. The molecule has 0 bridgehead atoms. The van der Waals surface area contributed by atoms with Crippen LogP contribution in [-0.2, 0) is 11.2 Å². The molecule has 24 heavy (non-hydrogen) atoms. The summed E-state index contributed by atoms with van der Waals surface area (Å²) in [7, 11) is 0. The third-order valence-electron chi connectivity index (χ3n) is 3.33. The minimum atomic E-state index is -0.470. The van der Waals surface area contributed by atoms with E-state index < -0.39 is 5.91 Å². The number of nitrogens with one attached hydrogen (secondary N) is 2. The number of hydrogen-bond donors (Lipinski definition) is 2. The van der Waals surface area contributed by atoms with Gasteiger partial charge in [0.1, 0.15) is 11.6 Å². The minimum absolute atomic E-state index is 0.0132. The molecule has 122 valence electrons. The van der Waals surface area contributed by atoms with Crippen molar-refractivity contribution in [1.82, 2.24) is 5.32 Å². The number of carbonyl (C=O) groups is 1. The molecule has 0 aliphatic rings. The molecule has 0 aromatic heterocycles. The van der Waals surface area contributed by atoms with Crippen LogP contribution in [0.1, 0.15) is 11.1 Å². The van der Waals surface area contributed by atoms with Crippen LogP contribution in [0.4, 0.5) is 5.69 Å². The van der Waals surface area contributed by atoms with Gasteiger partial charge in [0.15, 0.2) is 0 Å². The van der Waals surface area contributed by atoms with Crippen LogP contribution in [0.2, 0.25) is 5.02 Å². The SMILES string of the molecule is Cc1cccc(CCN/C=C(/C#N)C(=O)Nc2cccc(Cl)c2)c1. The molecule has 0 saturated carbocycles. The van der Waals surface area contributed by atoms with Crippen molar-refractivity contribution in [2.45, 2.75) is 13.3 Å². The van der Waals surface area contributed by atoms with Crippen LogP contribution in [0.5, 0.6) is 0 Å². The van der Waals surface area contributed by atoms with Gasteiger partial charge in [0.2, 0.25) is 0 Å². The van der Waals surface area contributed by atoms with Crippen molar-refractivity contribution in [3.8, 4) is 6.07 Å². The van der Waals surface area contributed by atoms with Crippen molar-refractivity contribution in [2.24, 2.45) is 0 Å². The molecule has 0 aliphatic heterocycles. The predicted molar refractivity (Wildman–Crippen MR) is 96.7 cm³/mol. The first-order valence-electron chi connectivity index (χ1n) is 7.54. The van der Waals surface area contributed by atoms with E-state index >= 15 is 0 Å². The van der Waals surface area contributed by atoms with Gasteiger partial charge in [-0.15, -0.1) is 0 Å². The second-order valence-electron chi connectivity index (χ2n) is 5.33. The summed E-state index contributed by atoms with van der Waals surface area (Å²) in [5.74, 6) is -0.470. The zero-order valence-electron chi connectivity index (χ0n) is 13.3. The predicted octanol–water partition coefficient (Wildman–Crippen LogP) is 3.83. The third-order valence-corrected chi connectivity index (χ3v) is 3.57. The summed E-state index contributed by atoms with van der Waals surface area (Å²) >= 11 is 5.87. The Labute approximate surface area is 146 Å². The fraction of sp³-hybridized carbons (Fsp3) is 0.158. The lowest BCUT2D eigenvalue weighted by atomic mass is 10.1. The Bertz CT molecular complexity index is 793. The number of benzene rings is 2. The minimum Gasteiger partial charge on any atom is -0.389 e. The van der Waals surface area contributed by atoms with E-state index in [0.29, 0.717) is 17.3 Å². The molecule has 0 aliphatic carbocycles. The molecular weight excluding hydrogens is 322 g/mol. The van der Waals surface area contributed by atoms with Crippen LogP contribution in [-0.4, -0.2) is 12.5 Å². The molecule has 0 fully saturated rings. The molecule has 0 atom stereocenters. The summed E-state index contributed by atoms with van der Waals surface area (Å²) in [5, 5.41) is 15.3. The van der Waals surface area contributed by atoms with Crippen LogP contribution in [0.25, 0.3) is 0 Å². The van der Waals surface area contributed by atoms with Crippen molar-refractivity contribution >= 4 is 23.2 Å². The highest BCUT2D eigenvalue weighted by Gasteiger charge is 2.09. The van der Waals surface area contributed by atoms with Gasteiger partial charge in [-0.1, -0.05) is 47.5 Å². The monoisotopic (exact) mass is 339 g/mol. The summed E-state index contributed by atoms with van der Waals surface area (Å²) in [6.07, 6.45) is 2.25. The average Bonchev–Trinajstić information content (AvgIpc) is 2.55. The maximum atomic E-state index is 12.1. The van der Waals surface area contributed by atoms with Gasteiger partial charge >= 0.3 is 0 Å². The van der Waals surface area contributed by atoms with E-state index in [2.05, 4.69) is 22.8 Å². The normalized spacial score (nSPS) is 10.8. The Morgan fingerprint density at radius 3 is 2.75 bits per heavy atom. The average molecular weight is 340 g/mol. The number of aryl methyl sites for hydroxylation is 1. The summed E-state index contributed by atoms with van der Waals surface area (Å²) in [5.41, 5.74) is 2.98. The first kappa shape index (κ1) is 17.6. The molecule has 2 aromatic rings. The Kier molecular flexibility index (Phi) is 6.41. The highest BCUT2D eigenvalue weighted by Crippen LogP contribution is 2.15. The largest absolute Gasteiger partial charge is 0.389 e. The van der Waals surface area contributed by atoms with Crippen LogP contribution in [0.3, 0.4) is 0 Å². The van der Waals surface area contributed by atoms with E-state index in [1.165, 1.54) is 17.3 Å². The molecule has 1 amide bonds. The summed E-state index contributed by atoms with van der Waals surface area (Å²) < 4.78 is 0. The van der Waals surface area contributed by atoms with Crippen molar-refractivity contribution in [3.63, 3.8) is 0 Å². The van der Waals surface area contributed by atoms with Gasteiger partial charge in [-0.25, -0.2) is 0 Å². The van der Waals surface area contributed by atoms with Crippen molar-refractivity contribution in [2.75, 3.05) is 11.9 Å². The standard InChI is InChI=1S/C19H18ClN3O/c1-14-4-2-5-15(10-14)8-9-22-13-16(12-21)19(24)23-18-7-3-6-17(20)11-18/h2-7,10-11,13,22H,8-9H2,1H3,(H,23,24)/b16-13-. The summed E-state index contributed by atoms with van der Waals surface area (Å²) in [4.78, 5) is 12.1. The highest BCUT2D eigenvalue weighted by atomic mass is 35.5. The Morgan fingerprint density at radius 2 is 2.04 bits per heavy atom. The van der Waals surface area contributed by atoms with Crippen LogP contribution < -0.4 is 10.6 Å². The van der Waals surface area contributed by atoms with Gasteiger partial charge in [-0.2, -0.15) is 5.26 Å². The molecule has 2 N–H and O–H groups in total. The number of nitriles is 1. The third kappa shape index (κ3) is 5.45. The van der Waals surface area contributed by atoms with E-state index in [-0.39, 0.29) is 5.57 Å². The molecule has 2 rings (SSSR count). The first-order valence-corrected chi connectivity index (χ1v) is 7.92. The molecule has 5 heteroatoms. The van der Waals surface area contributed by atoms with Crippen LogP contribution in [0.15, 0.2) is 60.3 Å². The lowest BCUT2D eigenvalue weighted by Crippen LogP contribution is -2.18. The number of anilines is 1. The molecule has 0 radical (unpaired) electrons. The van der Waals surface area contributed by atoms with Gasteiger partial charge in [-0.3, -0.25) is 4.79 Å². The van der Waals surface area contributed by atoms with E-state index in [9.17, 15) is 4.79 Å². The molecule has 4 nitrogen and oxygen atoms in total. The summed E-state index contributed by atoms with van der Waals surface area (Å²) in [6.45, 7) is 2.68. The molecule has 0 saturated heterocycles. The Hall–Kier alpha value is -2.77. The van der Waals surface area contributed by atoms with Gasteiger partial charge in [0.25, 0.3) is 5.91 Å². The zero-order valence-corrected chi connectivity index (χ0v) is 14.1. The molecule has 0 spiro atoms. The van der Waals surface area contributed by atoms with Crippen molar-refractivity contribution < 1.29 is 4.79 Å². The maximum absolute atomic E-state index is 12.1. The lowest BCUT2D eigenvalue weighted by Gasteiger charge is -2.06. The lowest BCUT2D eigenvalue weighted by molar-refractivity contribution is -0.112. The summed E-state index contributed by atoms with van der Waals surface area (Å²) in [6, 6.07) is 16.9. The first-order chi connectivity index (χ1) is 11.6. The van der Waals surface area contributed by atoms with Gasteiger partial charge in [0.05, 0.1) is 0 Å². The van der Waals surface area contributed by atoms with Gasteiger partial charge in [-0.05, 0) is 37.1 Å². The highest BCUT2D eigenvalue weighted by molar-refractivity contribution is 6.31. The number of amides is 1. The number of carbonyl (C=O) groups excluding carboxylic acids is 1. The quantitative estimate of drug-likeness (QED) is 0.477. The van der Waals surface area contributed by atoms with Crippen molar-refractivity contribution in [1.29, 1.82) is 5.26 Å². The number of hydrogen-bond acceptors (Lipinski definition) is 3. The van der Waals surface area contributed by atoms with Crippen LogP contribution in [0, 0.1) is 18.3 Å². The molecule has 0 unspecified atom stereocenters. The zero-order chi connectivity index (χ0) is 17.4. The molecule has 0 heterocycles. The van der Waals surface area contributed by atoms with E-state index in [1.807, 2.05) is 25.1 Å². The second kappa shape index (κ2) is 8.76. The Balaban J connectivity index is 1.89. The maximum Gasteiger partial charge on any atom is 0.267 e. The number of rotatable bonds is 6.